The number of aliphatic hydroxyl groups is 2. The number of aryl methyl sites for hydroxylation is 1. The molecule has 25 heavy (non-hydrogen) atoms. The number of aliphatic hydroxyl groups excluding tert-OH is 2. The molecule has 5 heteroatoms. The van der Waals surface area contributed by atoms with Crippen molar-refractivity contribution in [1.29, 1.82) is 0 Å². The van der Waals surface area contributed by atoms with Crippen molar-refractivity contribution < 1.29 is 24.8 Å². The van der Waals surface area contributed by atoms with Crippen LogP contribution in [0.2, 0.25) is 0 Å². The Labute approximate surface area is 148 Å². The molecule has 2 aromatic rings. The van der Waals surface area contributed by atoms with Crippen LogP contribution in [0.4, 0.5) is 0 Å². The third-order valence-electron chi connectivity index (χ3n) is 4.27. The SMILES string of the molecule is COc1cc(CCCO)cc([C@H](CO)Cc2ccc(O)c(OC)c2)c1. The molecule has 2 rings (SSSR count). The van der Waals surface area contributed by atoms with Crippen molar-refractivity contribution in [3.63, 3.8) is 0 Å². The van der Waals surface area contributed by atoms with Gasteiger partial charge < -0.3 is 24.8 Å². The topological polar surface area (TPSA) is 79.2 Å². The van der Waals surface area contributed by atoms with Crippen molar-refractivity contribution in [3.05, 3.63) is 53.1 Å². The van der Waals surface area contributed by atoms with Gasteiger partial charge in [-0.2, -0.15) is 0 Å². The molecule has 0 unspecified atom stereocenters. The van der Waals surface area contributed by atoms with Crippen molar-refractivity contribution in [1.82, 2.24) is 0 Å². The fraction of sp³-hybridized carbons (Fsp3) is 0.400. The number of phenolic OH excluding ortho intramolecular Hbond substituents is 1. The van der Waals surface area contributed by atoms with E-state index in [-0.39, 0.29) is 24.9 Å². The van der Waals surface area contributed by atoms with Gasteiger partial charge in [-0.3, -0.25) is 0 Å². The molecule has 3 N–H and O–H groups in total. The van der Waals surface area contributed by atoms with Gasteiger partial charge in [0.25, 0.3) is 0 Å². The molecular weight excluding hydrogens is 320 g/mol. The molecule has 0 aliphatic rings. The molecule has 2 aromatic carbocycles. The van der Waals surface area contributed by atoms with Crippen LogP contribution in [0.3, 0.4) is 0 Å². The van der Waals surface area contributed by atoms with E-state index in [0.717, 1.165) is 28.9 Å². The lowest BCUT2D eigenvalue weighted by Crippen LogP contribution is -2.09. The van der Waals surface area contributed by atoms with E-state index >= 15 is 0 Å². The highest BCUT2D eigenvalue weighted by atomic mass is 16.5. The highest BCUT2D eigenvalue weighted by Crippen LogP contribution is 2.31. The molecule has 0 saturated carbocycles. The largest absolute Gasteiger partial charge is 0.504 e. The molecule has 1 atom stereocenters. The minimum atomic E-state index is -0.0998. The van der Waals surface area contributed by atoms with Gasteiger partial charge in [0.1, 0.15) is 5.75 Å². The maximum Gasteiger partial charge on any atom is 0.160 e. The highest BCUT2D eigenvalue weighted by Gasteiger charge is 2.15. The van der Waals surface area contributed by atoms with Crippen molar-refractivity contribution in [3.8, 4) is 17.2 Å². The lowest BCUT2D eigenvalue weighted by atomic mass is 9.90. The van der Waals surface area contributed by atoms with Gasteiger partial charge in [-0.25, -0.2) is 0 Å². The van der Waals surface area contributed by atoms with Gasteiger partial charge in [0.15, 0.2) is 11.5 Å². The second-order valence-corrected chi connectivity index (χ2v) is 6.03. The first-order valence-electron chi connectivity index (χ1n) is 8.36. The predicted octanol–water partition coefficient (Wildman–Crippen LogP) is 2.65. The number of methoxy groups -OCH3 is 2. The fourth-order valence-corrected chi connectivity index (χ4v) is 2.89. The first-order chi connectivity index (χ1) is 12.1. The van der Waals surface area contributed by atoms with Gasteiger partial charge in [-0.05, 0) is 60.2 Å². The van der Waals surface area contributed by atoms with Crippen LogP contribution < -0.4 is 9.47 Å². The molecule has 0 aromatic heterocycles. The maximum atomic E-state index is 9.89. The minimum Gasteiger partial charge on any atom is -0.504 e. The van der Waals surface area contributed by atoms with Crippen LogP contribution in [0.1, 0.15) is 29.0 Å². The number of ether oxygens (including phenoxy) is 2. The van der Waals surface area contributed by atoms with Crippen LogP contribution in [-0.2, 0) is 12.8 Å². The Balaban J connectivity index is 2.27. The molecule has 5 nitrogen and oxygen atoms in total. The first-order valence-corrected chi connectivity index (χ1v) is 8.36. The summed E-state index contributed by atoms with van der Waals surface area (Å²) in [6.07, 6.45) is 2.05. The fourth-order valence-electron chi connectivity index (χ4n) is 2.89. The van der Waals surface area contributed by atoms with E-state index in [9.17, 15) is 10.2 Å². The summed E-state index contributed by atoms with van der Waals surface area (Å²) in [5.74, 6) is 1.16. The predicted molar refractivity (Wildman–Crippen MR) is 96.6 cm³/mol. The van der Waals surface area contributed by atoms with Crippen molar-refractivity contribution in [2.24, 2.45) is 0 Å². The average Bonchev–Trinajstić information content (AvgIpc) is 2.65. The minimum absolute atomic E-state index is 0.00417. The summed E-state index contributed by atoms with van der Waals surface area (Å²) in [5, 5.41) is 28.7. The molecule has 0 fully saturated rings. The number of hydrogen-bond donors (Lipinski definition) is 3. The van der Waals surface area contributed by atoms with E-state index in [2.05, 4.69) is 6.07 Å². The maximum absolute atomic E-state index is 9.89. The Morgan fingerprint density at radius 1 is 0.960 bits per heavy atom. The molecule has 136 valence electrons. The molecule has 0 radical (unpaired) electrons. The summed E-state index contributed by atoms with van der Waals surface area (Å²) < 4.78 is 10.5. The van der Waals surface area contributed by atoms with Crippen molar-refractivity contribution in [2.75, 3.05) is 27.4 Å². The summed E-state index contributed by atoms with van der Waals surface area (Å²) in [6, 6.07) is 11.1. The number of hydrogen-bond acceptors (Lipinski definition) is 5. The summed E-state index contributed by atoms with van der Waals surface area (Å²) in [5.41, 5.74) is 3.03. The van der Waals surface area contributed by atoms with Crippen LogP contribution >= 0.6 is 0 Å². The molecule has 0 saturated heterocycles. The summed E-state index contributed by atoms with van der Waals surface area (Å²) >= 11 is 0. The van der Waals surface area contributed by atoms with Gasteiger partial charge in [-0.1, -0.05) is 12.1 Å². The number of benzene rings is 2. The Morgan fingerprint density at radius 3 is 2.40 bits per heavy atom. The molecule has 0 aliphatic heterocycles. The van der Waals surface area contributed by atoms with Crippen LogP contribution in [0, 0.1) is 0 Å². The average molecular weight is 346 g/mol. The highest BCUT2D eigenvalue weighted by molar-refractivity contribution is 5.43. The van der Waals surface area contributed by atoms with E-state index in [4.69, 9.17) is 14.6 Å². The Kier molecular flexibility index (Phi) is 7.10. The monoisotopic (exact) mass is 346 g/mol. The van der Waals surface area contributed by atoms with E-state index < -0.39 is 0 Å². The lowest BCUT2D eigenvalue weighted by Gasteiger charge is -2.18. The second kappa shape index (κ2) is 9.30. The summed E-state index contributed by atoms with van der Waals surface area (Å²) in [7, 11) is 3.13. The molecule has 0 bridgehead atoms. The zero-order valence-corrected chi connectivity index (χ0v) is 14.7. The van der Waals surface area contributed by atoms with Gasteiger partial charge in [0.05, 0.1) is 20.8 Å². The Morgan fingerprint density at radius 2 is 1.76 bits per heavy atom. The summed E-state index contributed by atoms with van der Waals surface area (Å²) in [4.78, 5) is 0. The molecule has 0 aliphatic carbocycles. The number of rotatable bonds is 9. The van der Waals surface area contributed by atoms with Gasteiger partial charge >= 0.3 is 0 Å². The second-order valence-electron chi connectivity index (χ2n) is 6.03. The van der Waals surface area contributed by atoms with Crippen LogP contribution in [-0.4, -0.2) is 42.8 Å². The first kappa shape index (κ1) is 19.1. The van der Waals surface area contributed by atoms with Gasteiger partial charge in [0, 0.05) is 12.5 Å². The zero-order valence-electron chi connectivity index (χ0n) is 14.7. The van der Waals surface area contributed by atoms with Gasteiger partial charge in [0.2, 0.25) is 0 Å². The number of phenols is 1. The molecule has 0 heterocycles. The smallest absolute Gasteiger partial charge is 0.160 e. The van der Waals surface area contributed by atoms with Crippen LogP contribution in [0.25, 0.3) is 0 Å². The third-order valence-corrected chi connectivity index (χ3v) is 4.27. The van der Waals surface area contributed by atoms with Crippen LogP contribution in [0.15, 0.2) is 36.4 Å². The zero-order chi connectivity index (χ0) is 18.2. The van der Waals surface area contributed by atoms with E-state index in [1.54, 1.807) is 19.2 Å². The standard InChI is InChI=1S/C20H26O5/c1-24-18-10-14(4-3-7-21)8-16(12-18)17(13-22)9-15-5-6-19(23)20(11-15)25-2/h5-6,8,10-12,17,21-23H,3-4,7,9,13H2,1-2H3/t17-/m0/s1. The normalized spacial score (nSPS) is 12.0. The van der Waals surface area contributed by atoms with E-state index in [1.807, 2.05) is 18.2 Å². The lowest BCUT2D eigenvalue weighted by molar-refractivity contribution is 0.264. The Hall–Kier alpha value is -2.24. The van der Waals surface area contributed by atoms with E-state index in [1.165, 1.54) is 7.11 Å². The summed E-state index contributed by atoms with van der Waals surface area (Å²) in [6.45, 7) is 0.138. The molecule has 0 spiro atoms. The third kappa shape index (κ3) is 5.11. The quantitative estimate of drug-likeness (QED) is 0.650. The van der Waals surface area contributed by atoms with Crippen molar-refractivity contribution >= 4 is 0 Å². The van der Waals surface area contributed by atoms with Gasteiger partial charge in [-0.15, -0.1) is 0 Å². The molecule has 0 amide bonds. The molecular formula is C20H26O5. The van der Waals surface area contributed by atoms with Crippen molar-refractivity contribution in [2.45, 2.75) is 25.2 Å². The van der Waals surface area contributed by atoms with E-state index in [0.29, 0.717) is 18.6 Å². The Bertz CT molecular complexity index is 684. The number of aromatic hydroxyl groups is 1. The van der Waals surface area contributed by atoms with Crippen LogP contribution in [0.5, 0.6) is 17.2 Å².